The van der Waals surface area contributed by atoms with Gasteiger partial charge in [0.2, 0.25) is 0 Å². The van der Waals surface area contributed by atoms with Crippen LogP contribution < -0.4 is 5.32 Å². The third-order valence-corrected chi connectivity index (χ3v) is 4.19. The van der Waals surface area contributed by atoms with Crippen LogP contribution in [-0.4, -0.2) is 6.04 Å². The molecule has 2 nitrogen and oxygen atoms in total. The van der Waals surface area contributed by atoms with Crippen molar-refractivity contribution < 1.29 is 0 Å². The largest absolute Gasteiger partial charge is 0.380 e. The number of halogens is 2. The van der Waals surface area contributed by atoms with Crippen molar-refractivity contribution in [2.24, 2.45) is 5.92 Å². The molecule has 4 heteroatoms. The van der Waals surface area contributed by atoms with E-state index in [0.717, 1.165) is 33.5 Å². The van der Waals surface area contributed by atoms with Gasteiger partial charge in [0.1, 0.15) is 0 Å². The number of hydrogen-bond acceptors (Lipinski definition) is 2. The van der Waals surface area contributed by atoms with Gasteiger partial charge in [0.15, 0.2) is 0 Å². The third-order valence-electron chi connectivity index (χ3n) is 3.20. The first-order chi connectivity index (χ1) is 8.20. The van der Waals surface area contributed by atoms with E-state index in [1.165, 1.54) is 6.42 Å². The standard InChI is InChI=1S/C13H14ClIN2/c14-11-7-10(15)5-6-13(11)17-12-4-2-1-3-9(12)8-16/h5-7,9,12,17H,1-4H2. The average molecular weight is 361 g/mol. The van der Waals surface area contributed by atoms with Crippen LogP contribution in [0.15, 0.2) is 18.2 Å². The van der Waals surface area contributed by atoms with E-state index in [0.29, 0.717) is 0 Å². The van der Waals surface area contributed by atoms with E-state index in [-0.39, 0.29) is 12.0 Å². The van der Waals surface area contributed by atoms with Gasteiger partial charge in [-0.15, -0.1) is 0 Å². The number of hydrogen-bond donors (Lipinski definition) is 1. The maximum atomic E-state index is 9.13. The molecule has 0 heterocycles. The van der Waals surface area contributed by atoms with Crippen LogP contribution in [0.2, 0.25) is 5.02 Å². The van der Waals surface area contributed by atoms with Crippen LogP contribution in [0.5, 0.6) is 0 Å². The summed E-state index contributed by atoms with van der Waals surface area (Å²) < 4.78 is 1.12. The molecule has 2 rings (SSSR count). The Balaban J connectivity index is 2.11. The number of anilines is 1. The lowest BCUT2D eigenvalue weighted by atomic mass is 9.85. The number of benzene rings is 1. The Morgan fingerprint density at radius 1 is 1.35 bits per heavy atom. The molecule has 0 spiro atoms. The van der Waals surface area contributed by atoms with Gasteiger partial charge < -0.3 is 5.32 Å². The molecule has 1 aromatic rings. The van der Waals surface area contributed by atoms with Gasteiger partial charge in [0.05, 0.1) is 22.7 Å². The summed E-state index contributed by atoms with van der Waals surface area (Å²) in [6.45, 7) is 0. The number of nitriles is 1. The zero-order valence-corrected chi connectivity index (χ0v) is 12.3. The summed E-state index contributed by atoms with van der Waals surface area (Å²) in [5.74, 6) is 0.110. The summed E-state index contributed by atoms with van der Waals surface area (Å²) in [5.41, 5.74) is 0.944. The first-order valence-electron chi connectivity index (χ1n) is 5.82. The second-order valence-electron chi connectivity index (χ2n) is 4.40. The first kappa shape index (κ1) is 13.0. The zero-order chi connectivity index (χ0) is 12.3. The molecular weight excluding hydrogens is 347 g/mol. The van der Waals surface area contributed by atoms with Crippen LogP contribution in [0.25, 0.3) is 0 Å². The van der Waals surface area contributed by atoms with E-state index in [4.69, 9.17) is 16.9 Å². The van der Waals surface area contributed by atoms with Crippen molar-refractivity contribution in [2.75, 3.05) is 5.32 Å². The van der Waals surface area contributed by atoms with Gasteiger partial charge in [0, 0.05) is 9.61 Å². The fourth-order valence-electron chi connectivity index (χ4n) is 2.26. The fraction of sp³-hybridized carbons (Fsp3) is 0.462. The lowest BCUT2D eigenvalue weighted by Gasteiger charge is -2.28. The Morgan fingerprint density at radius 3 is 2.82 bits per heavy atom. The van der Waals surface area contributed by atoms with Gasteiger partial charge in [-0.3, -0.25) is 0 Å². The zero-order valence-electron chi connectivity index (χ0n) is 9.42. The molecule has 0 aliphatic heterocycles. The summed E-state index contributed by atoms with van der Waals surface area (Å²) in [7, 11) is 0. The molecule has 0 amide bonds. The molecule has 2 atom stereocenters. The van der Waals surface area contributed by atoms with E-state index >= 15 is 0 Å². The molecule has 1 aromatic carbocycles. The van der Waals surface area contributed by atoms with Crippen molar-refractivity contribution in [3.8, 4) is 6.07 Å². The molecular formula is C13H14ClIN2. The van der Waals surface area contributed by atoms with Crippen molar-refractivity contribution in [3.05, 3.63) is 26.8 Å². The van der Waals surface area contributed by atoms with E-state index < -0.39 is 0 Å². The van der Waals surface area contributed by atoms with Gasteiger partial charge in [-0.05, 0) is 53.6 Å². The summed E-state index contributed by atoms with van der Waals surface area (Å²) in [6, 6.07) is 8.60. The molecule has 1 N–H and O–H groups in total. The highest BCUT2D eigenvalue weighted by Crippen LogP contribution is 2.30. The Bertz CT molecular complexity index is 442. The van der Waals surface area contributed by atoms with Crippen LogP contribution in [-0.2, 0) is 0 Å². The molecule has 1 aliphatic rings. The van der Waals surface area contributed by atoms with E-state index in [1.807, 2.05) is 18.2 Å². The molecule has 1 fully saturated rings. The fourth-order valence-corrected chi connectivity index (χ4v) is 3.17. The summed E-state index contributed by atoms with van der Waals surface area (Å²) in [4.78, 5) is 0. The lowest BCUT2D eigenvalue weighted by Crippen LogP contribution is -2.31. The predicted octanol–water partition coefficient (Wildman–Crippen LogP) is 4.44. The molecule has 0 radical (unpaired) electrons. The minimum absolute atomic E-state index is 0.110. The monoisotopic (exact) mass is 360 g/mol. The molecule has 0 aromatic heterocycles. The SMILES string of the molecule is N#CC1CCCCC1Nc1ccc(I)cc1Cl. The maximum Gasteiger partial charge on any atom is 0.0677 e. The van der Waals surface area contributed by atoms with Crippen molar-refractivity contribution >= 4 is 39.9 Å². The topological polar surface area (TPSA) is 35.8 Å². The molecule has 1 aliphatic carbocycles. The molecule has 0 bridgehead atoms. The van der Waals surface area contributed by atoms with Gasteiger partial charge in [-0.25, -0.2) is 0 Å². The summed E-state index contributed by atoms with van der Waals surface area (Å²) in [5, 5.41) is 13.3. The van der Waals surface area contributed by atoms with Gasteiger partial charge in [0.25, 0.3) is 0 Å². The normalized spacial score (nSPS) is 24.1. The van der Waals surface area contributed by atoms with Crippen LogP contribution >= 0.6 is 34.2 Å². The minimum Gasteiger partial charge on any atom is -0.380 e. The Labute approximate surface area is 120 Å². The van der Waals surface area contributed by atoms with Crippen LogP contribution in [0.4, 0.5) is 5.69 Å². The highest BCUT2D eigenvalue weighted by atomic mass is 127. The average Bonchev–Trinajstić information content (AvgIpc) is 2.33. The van der Waals surface area contributed by atoms with Gasteiger partial charge in [-0.1, -0.05) is 24.4 Å². The summed E-state index contributed by atoms with van der Waals surface area (Å²) >= 11 is 8.43. The lowest BCUT2D eigenvalue weighted by molar-refractivity contribution is 0.389. The minimum atomic E-state index is 0.110. The quantitative estimate of drug-likeness (QED) is 0.792. The highest BCUT2D eigenvalue weighted by molar-refractivity contribution is 14.1. The van der Waals surface area contributed by atoms with E-state index in [2.05, 4.69) is 34.0 Å². The third kappa shape index (κ3) is 3.26. The number of rotatable bonds is 2. The number of nitrogens with zero attached hydrogens (tertiary/aromatic N) is 1. The van der Waals surface area contributed by atoms with Crippen molar-refractivity contribution in [1.82, 2.24) is 0 Å². The molecule has 90 valence electrons. The van der Waals surface area contributed by atoms with Crippen LogP contribution in [0.3, 0.4) is 0 Å². The van der Waals surface area contributed by atoms with Gasteiger partial charge >= 0.3 is 0 Å². The van der Waals surface area contributed by atoms with Gasteiger partial charge in [-0.2, -0.15) is 5.26 Å². The molecule has 1 saturated carbocycles. The Hall–Kier alpha value is -0.470. The molecule has 17 heavy (non-hydrogen) atoms. The summed E-state index contributed by atoms with van der Waals surface area (Å²) in [6.07, 6.45) is 4.41. The van der Waals surface area contributed by atoms with Crippen LogP contribution in [0, 0.1) is 20.8 Å². The second kappa shape index (κ2) is 5.92. The van der Waals surface area contributed by atoms with Crippen molar-refractivity contribution in [1.29, 1.82) is 5.26 Å². The second-order valence-corrected chi connectivity index (χ2v) is 6.05. The maximum absolute atomic E-state index is 9.13. The predicted molar refractivity (Wildman–Crippen MR) is 79.2 cm³/mol. The molecule has 2 unspecified atom stereocenters. The first-order valence-corrected chi connectivity index (χ1v) is 7.27. The Morgan fingerprint density at radius 2 is 2.12 bits per heavy atom. The van der Waals surface area contributed by atoms with Crippen molar-refractivity contribution in [3.63, 3.8) is 0 Å². The van der Waals surface area contributed by atoms with Crippen LogP contribution in [0.1, 0.15) is 25.7 Å². The number of nitrogens with one attached hydrogen (secondary N) is 1. The smallest absolute Gasteiger partial charge is 0.0677 e. The van der Waals surface area contributed by atoms with E-state index in [9.17, 15) is 0 Å². The van der Waals surface area contributed by atoms with E-state index in [1.54, 1.807) is 0 Å². The highest BCUT2D eigenvalue weighted by Gasteiger charge is 2.25. The van der Waals surface area contributed by atoms with Crippen molar-refractivity contribution in [2.45, 2.75) is 31.7 Å². The Kier molecular flexibility index (Phi) is 4.52. The molecule has 0 saturated heterocycles.